The van der Waals surface area contributed by atoms with E-state index in [4.69, 9.17) is 4.74 Å². The van der Waals surface area contributed by atoms with Crippen molar-refractivity contribution in [3.8, 4) is 0 Å². The van der Waals surface area contributed by atoms with Crippen molar-refractivity contribution in [1.82, 2.24) is 0 Å². The lowest BCUT2D eigenvalue weighted by atomic mass is 9.99. The van der Waals surface area contributed by atoms with E-state index in [2.05, 4.69) is 5.32 Å². The number of esters is 1. The molecule has 0 unspecified atom stereocenters. The van der Waals surface area contributed by atoms with Crippen LogP contribution < -0.4 is 5.32 Å². The standard InChI is InChI=1S/C17H19NO6S/c19-15(9-24-17(21)7-11-5-6-25(22,23)10-11)13-1-3-14-12(8-13)2-4-16(20)18-14/h1,3,8,11H,2,4-7,9-10H2,(H,18,20)/t11-/m0/s1. The van der Waals surface area contributed by atoms with Gasteiger partial charge in [-0.15, -0.1) is 0 Å². The van der Waals surface area contributed by atoms with Crippen molar-refractivity contribution in [3.05, 3.63) is 29.3 Å². The zero-order chi connectivity index (χ0) is 18.0. The number of anilines is 1. The molecule has 0 aliphatic carbocycles. The van der Waals surface area contributed by atoms with Gasteiger partial charge < -0.3 is 10.1 Å². The number of benzene rings is 1. The minimum absolute atomic E-state index is 0.00654. The Labute approximate surface area is 145 Å². The second-order valence-electron chi connectivity index (χ2n) is 6.48. The molecule has 0 aromatic heterocycles. The van der Waals surface area contributed by atoms with Crippen LogP contribution in [0.2, 0.25) is 0 Å². The molecule has 1 aromatic rings. The first-order valence-electron chi connectivity index (χ1n) is 8.14. The van der Waals surface area contributed by atoms with Gasteiger partial charge in [-0.3, -0.25) is 14.4 Å². The lowest BCUT2D eigenvalue weighted by Crippen LogP contribution is -2.20. The molecule has 25 heavy (non-hydrogen) atoms. The summed E-state index contributed by atoms with van der Waals surface area (Å²) in [5.74, 6) is -1.04. The Morgan fingerprint density at radius 2 is 2.04 bits per heavy atom. The van der Waals surface area contributed by atoms with Gasteiger partial charge in [0.25, 0.3) is 0 Å². The third kappa shape index (κ3) is 4.45. The smallest absolute Gasteiger partial charge is 0.306 e. The average molecular weight is 365 g/mol. The van der Waals surface area contributed by atoms with E-state index in [0.29, 0.717) is 30.5 Å². The summed E-state index contributed by atoms with van der Waals surface area (Å²) in [7, 11) is -3.03. The SMILES string of the molecule is O=C1CCc2cc(C(=O)COC(=O)C[C@@H]3CCS(=O)(=O)C3)ccc2N1. The van der Waals surface area contributed by atoms with Gasteiger partial charge in [-0.2, -0.15) is 0 Å². The normalized spacial score (nSPS) is 21.3. The van der Waals surface area contributed by atoms with Crippen molar-refractivity contribution >= 4 is 33.2 Å². The van der Waals surface area contributed by atoms with Crippen molar-refractivity contribution in [3.63, 3.8) is 0 Å². The molecule has 2 heterocycles. The molecular formula is C17H19NO6S. The van der Waals surface area contributed by atoms with Crippen LogP contribution in [0.25, 0.3) is 0 Å². The molecule has 7 nitrogen and oxygen atoms in total. The topological polar surface area (TPSA) is 107 Å². The van der Waals surface area contributed by atoms with Crippen LogP contribution in [-0.4, -0.2) is 44.2 Å². The average Bonchev–Trinajstić information content (AvgIpc) is 2.90. The van der Waals surface area contributed by atoms with E-state index in [9.17, 15) is 22.8 Å². The van der Waals surface area contributed by atoms with Crippen molar-refractivity contribution in [2.75, 3.05) is 23.4 Å². The Morgan fingerprint density at radius 1 is 1.24 bits per heavy atom. The highest BCUT2D eigenvalue weighted by Gasteiger charge is 2.30. The van der Waals surface area contributed by atoms with E-state index in [1.165, 1.54) is 0 Å². The zero-order valence-electron chi connectivity index (χ0n) is 13.6. The molecule has 1 atom stereocenters. The summed E-state index contributed by atoms with van der Waals surface area (Å²) in [5.41, 5.74) is 2.01. The fraction of sp³-hybridized carbons (Fsp3) is 0.471. The summed E-state index contributed by atoms with van der Waals surface area (Å²) in [4.78, 5) is 35.3. The van der Waals surface area contributed by atoms with Gasteiger partial charge in [0.1, 0.15) is 0 Å². The molecule has 1 N–H and O–H groups in total. The second kappa shape index (κ2) is 6.95. The Morgan fingerprint density at radius 3 is 2.76 bits per heavy atom. The largest absolute Gasteiger partial charge is 0.457 e. The zero-order valence-corrected chi connectivity index (χ0v) is 14.4. The Bertz CT molecular complexity index is 830. The van der Waals surface area contributed by atoms with Crippen LogP contribution in [0.4, 0.5) is 5.69 Å². The summed E-state index contributed by atoms with van der Waals surface area (Å²) >= 11 is 0. The van der Waals surface area contributed by atoms with Crippen LogP contribution in [0.1, 0.15) is 35.2 Å². The second-order valence-corrected chi connectivity index (χ2v) is 8.71. The number of amides is 1. The van der Waals surface area contributed by atoms with E-state index in [1.54, 1.807) is 18.2 Å². The van der Waals surface area contributed by atoms with E-state index in [1.807, 2.05) is 0 Å². The molecule has 1 aromatic carbocycles. The Kier molecular flexibility index (Phi) is 4.89. The number of hydrogen-bond donors (Lipinski definition) is 1. The first-order chi connectivity index (χ1) is 11.8. The van der Waals surface area contributed by atoms with Crippen LogP contribution in [0.3, 0.4) is 0 Å². The van der Waals surface area contributed by atoms with Crippen LogP contribution in [0.5, 0.6) is 0 Å². The highest BCUT2D eigenvalue weighted by Crippen LogP contribution is 2.24. The summed E-state index contributed by atoms with van der Waals surface area (Å²) in [5, 5.41) is 2.74. The quantitative estimate of drug-likeness (QED) is 0.619. The van der Waals surface area contributed by atoms with Gasteiger partial charge in [0.2, 0.25) is 5.91 Å². The minimum Gasteiger partial charge on any atom is -0.457 e. The first kappa shape index (κ1) is 17.6. The number of aryl methyl sites for hydroxylation is 1. The summed E-state index contributed by atoms with van der Waals surface area (Å²) in [6.07, 6.45) is 1.42. The maximum absolute atomic E-state index is 12.2. The predicted molar refractivity (Wildman–Crippen MR) is 90.1 cm³/mol. The molecule has 2 aliphatic rings. The summed E-state index contributed by atoms with van der Waals surface area (Å²) in [6.45, 7) is -0.372. The fourth-order valence-electron chi connectivity index (χ4n) is 3.11. The van der Waals surface area contributed by atoms with E-state index < -0.39 is 15.8 Å². The Hall–Kier alpha value is -2.22. The summed E-state index contributed by atoms with van der Waals surface area (Å²) < 4.78 is 27.8. The number of carbonyl (C=O) groups excluding carboxylic acids is 3. The van der Waals surface area contributed by atoms with Gasteiger partial charge in [-0.05, 0) is 42.5 Å². The number of hydrogen-bond acceptors (Lipinski definition) is 6. The molecule has 2 aliphatic heterocycles. The number of fused-ring (bicyclic) bond motifs is 1. The highest BCUT2D eigenvalue weighted by molar-refractivity contribution is 7.91. The molecule has 3 rings (SSSR count). The highest BCUT2D eigenvalue weighted by atomic mass is 32.2. The monoisotopic (exact) mass is 365 g/mol. The molecule has 1 fully saturated rings. The van der Waals surface area contributed by atoms with Gasteiger partial charge in [0, 0.05) is 24.1 Å². The lowest BCUT2D eigenvalue weighted by Gasteiger charge is -2.17. The number of rotatable bonds is 5. The molecule has 0 saturated carbocycles. The molecule has 8 heteroatoms. The molecular weight excluding hydrogens is 346 g/mol. The van der Waals surface area contributed by atoms with Crippen molar-refractivity contribution in [1.29, 1.82) is 0 Å². The Balaban J connectivity index is 1.52. The third-order valence-electron chi connectivity index (χ3n) is 4.47. The van der Waals surface area contributed by atoms with Gasteiger partial charge in [0.15, 0.2) is 22.2 Å². The number of Topliss-reactive ketones (excluding diaryl/α,β-unsaturated/α-hetero) is 1. The molecule has 1 saturated heterocycles. The van der Waals surface area contributed by atoms with Crippen LogP contribution in [0.15, 0.2) is 18.2 Å². The number of sulfone groups is 1. The van der Waals surface area contributed by atoms with Gasteiger partial charge in [0.05, 0.1) is 11.5 Å². The molecule has 0 spiro atoms. The predicted octanol–water partition coefficient (Wildman–Crippen LogP) is 1.12. The first-order valence-corrected chi connectivity index (χ1v) is 9.96. The molecule has 0 radical (unpaired) electrons. The maximum atomic E-state index is 12.2. The minimum atomic E-state index is -3.03. The lowest BCUT2D eigenvalue weighted by molar-refractivity contribution is -0.143. The van der Waals surface area contributed by atoms with Gasteiger partial charge in [-0.25, -0.2) is 8.42 Å². The van der Waals surface area contributed by atoms with Crippen LogP contribution in [0, 0.1) is 5.92 Å². The van der Waals surface area contributed by atoms with E-state index in [-0.39, 0.29) is 42.1 Å². The maximum Gasteiger partial charge on any atom is 0.306 e. The summed E-state index contributed by atoms with van der Waals surface area (Å²) in [6, 6.07) is 4.96. The van der Waals surface area contributed by atoms with Crippen molar-refractivity contribution in [2.45, 2.75) is 25.7 Å². The fourth-order valence-corrected chi connectivity index (χ4v) is 4.98. The number of nitrogens with one attached hydrogen (secondary N) is 1. The number of carbonyl (C=O) groups is 3. The number of ketones is 1. The number of ether oxygens (including phenoxy) is 1. The van der Waals surface area contributed by atoms with Gasteiger partial charge >= 0.3 is 5.97 Å². The molecule has 0 bridgehead atoms. The van der Waals surface area contributed by atoms with Crippen LogP contribution in [-0.2, 0) is 30.6 Å². The van der Waals surface area contributed by atoms with E-state index >= 15 is 0 Å². The van der Waals surface area contributed by atoms with E-state index in [0.717, 1.165) is 5.56 Å². The molecule has 134 valence electrons. The molecule has 1 amide bonds. The third-order valence-corrected chi connectivity index (χ3v) is 6.31. The van der Waals surface area contributed by atoms with Crippen molar-refractivity contribution < 1.29 is 27.5 Å². The van der Waals surface area contributed by atoms with Crippen LogP contribution >= 0.6 is 0 Å². The van der Waals surface area contributed by atoms with Gasteiger partial charge in [-0.1, -0.05) is 0 Å². The van der Waals surface area contributed by atoms with Crippen molar-refractivity contribution in [2.24, 2.45) is 5.92 Å².